The Balaban J connectivity index is -0.0000000350. The van der Waals surface area contributed by atoms with E-state index >= 15 is 0 Å². The smallest absolute Gasteiger partial charge is 0.189 e. The second-order valence-corrected chi connectivity index (χ2v) is 2.53. The van der Waals surface area contributed by atoms with Crippen LogP contribution in [0, 0.1) is 0 Å². The summed E-state index contributed by atoms with van der Waals surface area (Å²) < 4.78 is 1.43. The molecule has 0 radical (unpaired) electrons. The molecule has 0 aliphatic heterocycles. The second kappa shape index (κ2) is 59.3. The van der Waals surface area contributed by atoms with Crippen LogP contribution in [0.3, 0.4) is 0 Å². The second-order valence-electron chi connectivity index (χ2n) is 1.10. The largest absolute Gasteiger partial charge is 0.796 e. The van der Waals surface area contributed by atoms with Crippen LogP contribution < -0.4 is 0 Å². The van der Waals surface area contributed by atoms with Crippen molar-refractivity contribution in [1.82, 2.24) is 0 Å². The van der Waals surface area contributed by atoms with Crippen LogP contribution in [-0.4, -0.2) is 41.3 Å². The molecule has 0 bridgehead atoms. The summed E-state index contributed by atoms with van der Waals surface area (Å²) in [5.41, 5.74) is 0. The minimum absolute atomic E-state index is 1.37. The first kappa shape index (κ1) is 23.0. The van der Waals surface area contributed by atoms with Gasteiger partial charge in [-0.25, -0.2) is 0 Å². The molecule has 0 saturated heterocycles. The van der Waals surface area contributed by atoms with Crippen LogP contribution >= 0.6 is 0 Å². The van der Waals surface area contributed by atoms with Crippen molar-refractivity contribution < 1.29 is 0 Å². The summed E-state index contributed by atoms with van der Waals surface area (Å²) in [5.74, 6) is 0. The van der Waals surface area contributed by atoms with Crippen LogP contribution in [-0.2, 0) is 37.9 Å². The number of unbranched alkanes of at least 4 members (excludes halogenated alkanes) is 1. The standard InChI is InChI=1S/C4H9.3CH4S.Sn/c1-3-4-2;3*1-2;/h1,3-4H2,2H3;3*2H,1H3;/q;;;;+3/p-3. The fourth-order valence-electron chi connectivity index (χ4n) is 0.177. The minimum Gasteiger partial charge on any atom is -0.796 e. The Hall–Kier alpha value is 1.85. The average Bonchev–Trinajstić information content (AvgIpc) is 2.16. The molecule has 0 aliphatic rings. The summed E-state index contributed by atoms with van der Waals surface area (Å²) in [6.07, 6.45) is 7.55. The molecule has 0 fully saturated rings. The van der Waals surface area contributed by atoms with Crippen molar-refractivity contribution in [3.63, 3.8) is 0 Å². The summed E-state index contributed by atoms with van der Waals surface area (Å²) in [6.45, 7) is 2.23. The predicted octanol–water partition coefficient (Wildman–Crippen LogP) is 1.86. The normalized spacial score (nSPS) is 5.55. The third-order valence-corrected chi connectivity index (χ3v) is 1.54. The molecule has 0 unspecified atom stereocenters. The Kier molecular flexibility index (Phi) is 124. The van der Waals surface area contributed by atoms with Crippen molar-refractivity contribution in [2.24, 2.45) is 0 Å². The molecule has 0 aromatic heterocycles. The molecule has 0 aromatic carbocycles. The molecule has 0 atom stereocenters. The van der Waals surface area contributed by atoms with Crippen molar-refractivity contribution in [3.05, 3.63) is 0 Å². The van der Waals surface area contributed by atoms with Crippen molar-refractivity contribution in [3.8, 4) is 0 Å². The topological polar surface area (TPSA) is 0 Å². The first-order valence-corrected chi connectivity index (χ1v) is 7.75. The fraction of sp³-hybridized carbons (Fsp3) is 1.00. The Labute approximate surface area is 103 Å². The molecule has 11 heavy (non-hydrogen) atoms. The molecule has 0 nitrogen and oxygen atoms in total. The van der Waals surface area contributed by atoms with Gasteiger partial charge in [0, 0.05) is 0 Å². The van der Waals surface area contributed by atoms with E-state index in [9.17, 15) is 0 Å². The van der Waals surface area contributed by atoms with Crippen molar-refractivity contribution in [2.45, 2.75) is 24.2 Å². The molecular weight excluding hydrogens is 299 g/mol. The van der Waals surface area contributed by atoms with E-state index in [4.69, 9.17) is 0 Å². The molecule has 0 saturated carbocycles. The van der Waals surface area contributed by atoms with Gasteiger partial charge in [-0.2, -0.15) is 18.8 Å². The third kappa shape index (κ3) is 77.6. The number of hydrogen-bond acceptors (Lipinski definition) is 3. The predicted molar refractivity (Wildman–Crippen MR) is 65.3 cm³/mol. The molecule has 68 valence electrons. The summed E-state index contributed by atoms with van der Waals surface area (Å²) in [5, 5.41) is 0. The number of hydrogen-bond donors (Lipinski definition) is 0. The first-order chi connectivity index (χ1) is 5.41. The van der Waals surface area contributed by atoms with Gasteiger partial charge in [0.25, 0.3) is 0 Å². The molecule has 0 N–H and O–H groups in total. The SMILES string of the molecule is CCC[CH2][Sn+3].C[S-].C[S-].C[S-]. The van der Waals surface area contributed by atoms with Crippen LogP contribution in [0.5, 0.6) is 0 Å². The van der Waals surface area contributed by atoms with Gasteiger partial charge in [0.2, 0.25) is 0 Å². The Morgan fingerprint density at radius 1 is 0.909 bits per heavy atom. The Morgan fingerprint density at radius 3 is 1.18 bits per heavy atom. The molecule has 0 rings (SSSR count). The third-order valence-electron chi connectivity index (χ3n) is 0.530. The van der Waals surface area contributed by atoms with Crippen molar-refractivity contribution in [2.75, 3.05) is 18.8 Å². The summed E-state index contributed by atoms with van der Waals surface area (Å²) in [6, 6.07) is 0. The zero-order valence-corrected chi connectivity index (χ0v) is 13.1. The maximum Gasteiger partial charge on any atom is -0.189 e. The minimum atomic E-state index is 1.37. The van der Waals surface area contributed by atoms with Crippen LogP contribution in [0.4, 0.5) is 0 Å². The van der Waals surface area contributed by atoms with Gasteiger partial charge in [0.15, 0.2) is 0 Å². The Bertz CT molecular complexity index is 21.2. The van der Waals surface area contributed by atoms with Crippen molar-refractivity contribution in [1.29, 1.82) is 0 Å². The van der Waals surface area contributed by atoms with Gasteiger partial charge in [-0.3, -0.25) is 0 Å². The van der Waals surface area contributed by atoms with Gasteiger partial charge in [0.1, 0.15) is 0 Å². The van der Waals surface area contributed by atoms with Crippen LogP contribution in [0.1, 0.15) is 19.8 Å². The van der Waals surface area contributed by atoms with E-state index in [1.807, 2.05) is 0 Å². The van der Waals surface area contributed by atoms with Gasteiger partial charge in [-0.05, 0) is 0 Å². The van der Waals surface area contributed by atoms with Crippen LogP contribution in [0.2, 0.25) is 4.44 Å². The van der Waals surface area contributed by atoms with E-state index in [1.54, 1.807) is 41.3 Å². The molecule has 0 aromatic rings. The van der Waals surface area contributed by atoms with E-state index < -0.39 is 0 Å². The average molecular weight is 317 g/mol. The molecule has 0 spiro atoms. The zero-order chi connectivity index (χ0) is 10.1. The number of rotatable bonds is 2. The van der Waals surface area contributed by atoms with Gasteiger partial charge >= 0.3 is 46.7 Å². The van der Waals surface area contributed by atoms with Crippen molar-refractivity contribution >= 4 is 60.4 Å². The maximum atomic E-state index is 4.08. The van der Waals surface area contributed by atoms with E-state index in [2.05, 4.69) is 44.8 Å². The van der Waals surface area contributed by atoms with Gasteiger partial charge in [-0.15, -0.1) is 0 Å². The first-order valence-electron chi connectivity index (χ1n) is 3.29. The van der Waals surface area contributed by atoms with E-state index in [0.717, 1.165) is 0 Å². The van der Waals surface area contributed by atoms with E-state index in [-0.39, 0.29) is 0 Å². The molecule has 4 heteroatoms. The van der Waals surface area contributed by atoms with Crippen LogP contribution in [0.25, 0.3) is 0 Å². The zero-order valence-electron chi connectivity index (χ0n) is 7.85. The monoisotopic (exact) mass is 318 g/mol. The summed E-state index contributed by atoms with van der Waals surface area (Å²) >= 11 is 13.9. The summed E-state index contributed by atoms with van der Waals surface area (Å²) in [4.78, 5) is 0. The maximum absolute atomic E-state index is 4.08. The van der Waals surface area contributed by atoms with Gasteiger partial charge in [-0.1, -0.05) is 0 Å². The van der Waals surface area contributed by atoms with Gasteiger partial charge < -0.3 is 37.9 Å². The summed E-state index contributed by atoms with van der Waals surface area (Å²) in [7, 11) is 0. The molecule has 0 amide bonds. The molecule has 0 heterocycles. The van der Waals surface area contributed by atoms with E-state index in [1.165, 1.54) is 17.3 Å². The van der Waals surface area contributed by atoms with E-state index in [0.29, 0.717) is 0 Å². The molecule has 0 aliphatic carbocycles. The fourth-order valence-corrected chi connectivity index (χ4v) is 1.19. The quantitative estimate of drug-likeness (QED) is 0.564. The van der Waals surface area contributed by atoms with Crippen LogP contribution in [0.15, 0.2) is 0 Å². The Morgan fingerprint density at radius 2 is 1.18 bits per heavy atom. The molecular formula is C7H18S3Sn. The van der Waals surface area contributed by atoms with Gasteiger partial charge in [0.05, 0.1) is 0 Å².